The van der Waals surface area contributed by atoms with Gasteiger partial charge in [0, 0.05) is 24.9 Å². The molecule has 0 radical (unpaired) electrons. The van der Waals surface area contributed by atoms with Gasteiger partial charge in [-0.3, -0.25) is 9.48 Å². The summed E-state index contributed by atoms with van der Waals surface area (Å²) >= 11 is 0. The molecular formula is C13H16F5N3O. The zero-order valence-corrected chi connectivity index (χ0v) is 12.0. The summed E-state index contributed by atoms with van der Waals surface area (Å²) in [5.41, 5.74) is 4.79. The molecule has 1 atom stereocenters. The van der Waals surface area contributed by atoms with Gasteiger partial charge in [0.2, 0.25) is 5.92 Å². The quantitative estimate of drug-likeness (QED) is 0.865. The van der Waals surface area contributed by atoms with Gasteiger partial charge in [-0.2, -0.15) is 18.3 Å². The summed E-state index contributed by atoms with van der Waals surface area (Å²) in [7, 11) is 0. The summed E-state index contributed by atoms with van der Waals surface area (Å²) in [5, 5.41) is 3.82. The van der Waals surface area contributed by atoms with E-state index in [1.54, 1.807) is 0 Å². The van der Waals surface area contributed by atoms with E-state index < -0.39 is 29.8 Å². The summed E-state index contributed by atoms with van der Waals surface area (Å²) in [4.78, 5) is 11.5. The fourth-order valence-electron chi connectivity index (χ4n) is 2.74. The molecule has 2 N–H and O–H groups in total. The van der Waals surface area contributed by atoms with Crippen LogP contribution in [0, 0.1) is 12.8 Å². The molecule has 0 aromatic carbocycles. The maximum Gasteiger partial charge on any atom is 0.397 e. The Morgan fingerprint density at radius 1 is 1.45 bits per heavy atom. The fourth-order valence-corrected chi connectivity index (χ4v) is 2.74. The zero-order chi connectivity index (χ0) is 16.9. The highest BCUT2D eigenvalue weighted by Crippen LogP contribution is 2.43. The minimum atomic E-state index is -4.51. The number of hydrogen-bond acceptors (Lipinski definition) is 2. The summed E-state index contributed by atoms with van der Waals surface area (Å²) in [6, 6.07) is 0. The number of carbonyl (C=O) groups is 1. The average Bonchev–Trinajstić information content (AvgIpc) is 2.61. The second kappa shape index (κ2) is 5.20. The number of aromatic nitrogens is 2. The number of nitrogens with zero attached hydrogens (tertiary/aromatic N) is 2. The molecule has 0 aliphatic heterocycles. The highest BCUT2D eigenvalue weighted by molar-refractivity contribution is 5.92. The van der Waals surface area contributed by atoms with Crippen LogP contribution in [-0.2, 0) is 6.54 Å². The lowest BCUT2D eigenvalue weighted by atomic mass is 9.81. The van der Waals surface area contributed by atoms with Crippen LogP contribution in [0.5, 0.6) is 0 Å². The van der Waals surface area contributed by atoms with Gasteiger partial charge in [-0.25, -0.2) is 8.78 Å². The Balaban J connectivity index is 2.31. The third-order valence-electron chi connectivity index (χ3n) is 3.97. The molecular weight excluding hydrogens is 309 g/mol. The Morgan fingerprint density at radius 2 is 2.00 bits per heavy atom. The maximum atomic E-state index is 12.8. The van der Waals surface area contributed by atoms with Crippen molar-refractivity contribution >= 4 is 5.91 Å². The number of alkyl halides is 5. The van der Waals surface area contributed by atoms with Crippen molar-refractivity contribution in [3.8, 4) is 0 Å². The van der Waals surface area contributed by atoms with Crippen LogP contribution in [0.3, 0.4) is 0 Å². The molecule has 1 heterocycles. The van der Waals surface area contributed by atoms with Gasteiger partial charge in [0.05, 0.1) is 11.6 Å². The molecule has 0 saturated heterocycles. The van der Waals surface area contributed by atoms with Gasteiger partial charge in [0.25, 0.3) is 5.91 Å². The van der Waals surface area contributed by atoms with E-state index in [1.165, 1.54) is 6.92 Å². The Kier molecular flexibility index (Phi) is 3.95. The lowest BCUT2D eigenvalue weighted by Crippen LogP contribution is -2.38. The van der Waals surface area contributed by atoms with Gasteiger partial charge < -0.3 is 5.73 Å². The lowest BCUT2D eigenvalue weighted by Gasteiger charge is -2.34. The van der Waals surface area contributed by atoms with E-state index in [4.69, 9.17) is 5.73 Å². The molecule has 124 valence electrons. The Bertz CT molecular complexity index is 585. The van der Waals surface area contributed by atoms with Crippen molar-refractivity contribution in [2.75, 3.05) is 0 Å². The van der Waals surface area contributed by atoms with E-state index in [2.05, 4.69) is 5.10 Å². The van der Waals surface area contributed by atoms with Crippen LogP contribution in [0.25, 0.3) is 0 Å². The minimum absolute atomic E-state index is 0.0424. The highest BCUT2D eigenvalue weighted by atomic mass is 19.4. The van der Waals surface area contributed by atoms with Crippen LogP contribution in [0.15, 0.2) is 0 Å². The molecule has 9 heteroatoms. The molecule has 1 aromatic rings. The molecule has 4 nitrogen and oxygen atoms in total. The largest absolute Gasteiger partial charge is 0.397 e. The van der Waals surface area contributed by atoms with Crippen LogP contribution >= 0.6 is 0 Å². The maximum absolute atomic E-state index is 12.8. The van der Waals surface area contributed by atoms with E-state index in [9.17, 15) is 26.7 Å². The topological polar surface area (TPSA) is 60.9 Å². The standard InChI is InChI=1S/C13H16F5N3O/c1-6-9(7(2)13(16,17)18)20-21(10(6)11(19)22)5-8-3-12(14,15)4-8/h7-8H,3-5H2,1-2H3,(H2,19,22). The van der Waals surface area contributed by atoms with Crippen molar-refractivity contribution in [3.05, 3.63) is 17.0 Å². The normalized spacial score (nSPS) is 19.8. The van der Waals surface area contributed by atoms with Gasteiger partial charge in [0.15, 0.2) is 0 Å². The predicted octanol–water partition coefficient (Wildman–Crippen LogP) is 3.00. The van der Waals surface area contributed by atoms with Crippen LogP contribution in [0.4, 0.5) is 22.0 Å². The van der Waals surface area contributed by atoms with Crippen molar-refractivity contribution in [1.82, 2.24) is 9.78 Å². The lowest BCUT2D eigenvalue weighted by molar-refractivity contribution is -0.147. The number of nitrogens with two attached hydrogens (primary N) is 1. The van der Waals surface area contributed by atoms with Crippen LogP contribution in [0.2, 0.25) is 0 Å². The van der Waals surface area contributed by atoms with Crippen molar-refractivity contribution in [2.24, 2.45) is 11.7 Å². The number of primary amides is 1. The van der Waals surface area contributed by atoms with E-state index in [-0.39, 0.29) is 36.3 Å². The van der Waals surface area contributed by atoms with Gasteiger partial charge in [-0.1, -0.05) is 0 Å². The molecule has 2 rings (SSSR count). The summed E-state index contributed by atoms with van der Waals surface area (Å²) in [6.45, 7) is 2.22. The molecule has 22 heavy (non-hydrogen) atoms. The SMILES string of the molecule is Cc1c(C(C)C(F)(F)F)nn(CC2CC(F)(F)C2)c1C(N)=O. The molecule has 0 spiro atoms. The van der Waals surface area contributed by atoms with Crippen molar-refractivity contribution in [1.29, 1.82) is 0 Å². The zero-order valence-electron chi connectivity index (χ0n) is 12.0. The second-order valence-electron chi connectivity index (χ2n) is 5.80. The molecule has 1 aliphatic carbocycles. The first-order valence-corrected chi connectivity index (χ1v) is 6.74. The summed E-state index contributed by atoms with van der Waals surface area (Å²) in [6.07, 6.45) is -5.25. The van der Waals surface area contributed by atoms with Gasteiger partial charge in [0.1, 0.15) is 5.69 Å². The predicted molar refractivity (Wildman–Crippen MR) is 67.6 cm³/mol. The molecule has 1 fully saturated rings. The number of carbonyl (C=O) groups excluding carboxylic acids is 1. The fraction of sp³-hybridized carbons (Fsp3) is 0.692. The second-order valence-corrected chi connectivity index (χ2v) is 5.80. The summed E-state index contributed by atoms with van der Waals surface area (Å²) in [5.74, 6) is -5.96. The van der Waals surface area contributed by atoms with E-state index in [1.807, 2.05) is 0 Å². The van der Waals surface area contributed by atoms with Crippen LogP contribution < -0.4 is 5.73 Å². The smallest absolute Gasteiger partial charge is 0.364 e. The molecule has 0 bridgehead atoms. The molecule has 1 aliphatic rings. The minimum Gasteiger partial charge on any atom is -0.364 e. The van der Waals surface area contributed by atoms with Crippen LogP contribution in [-0.4, -0.2) is 27.8 Å². The van der Waals surface area contributed by atoms with Gasteiger partial charge in [-0.05, 0) is 19.8 Å². The number of halogens is 5. The first-order chi connectivity index (χ1) is 9.92. The molecule has 1 unspecified atom stereocenters. The number of hydrogen-bond donors (Lipinski definition) is 1. The van der Waals surface area contributed by atoms with Crippen molar-refractivity contribution in [3.63, 3.8) is 0 Å². The van der Waals surface area contributed by atoms with E-state index >= 15 is 0 Å². The molecule has 1 amide bonds. The first kappa shape index (κ1) is 16.7. The summed E-state index contributed by atoms with van der Waals surface area (Å²) < 4.78 is 65.2. The average molecular weight is 325 g/mol. The van der Waals surface area contributed by atoms with Gasteiger partial charge in [-0.15, -0.1) is 0 Å². The number of amides is 1. The molecule has 1 aromatic heterocycles. The molecule has 1 saturated carbocycles. The van der Waals surface area contributed by atoms with Crippen LogP contribution in [0.1, 0.15) is 47.4 Å². The Labute approximate surface area is 123 Å². The Hall–Kier alpha value is -1.67. The highest BCUT2D eigenvalue weighted by Gasteiger charge is 2.46. The third-order valence-corrected chi connectivity index (χ3v) is 3.97. The van der Waals surface area contributed by atoms with E-state index in [0.29, 0.717) is 0 Å². The van der Waals surface area contributed by atoms with Crippen molar-refractivity contribution < 1.29 is 26.7 Å². The monoisotopic (exact) mass is 325 g/mol. The third kappa shape index (κ3) is 3.07. The van der Waals surface area contributed by atoms with Gasteiger partial charge >= 0.3 is 6.18 Å². The first-order valence-electron chi connectivity index (χ1n) is 6.74. The number of rotatable bonds is 4. The van der Waals surface area contributed by atoms with E-state index in [0.717, 1.165) is 11.6 Å². The van der Waals surface area contributed by atoms with Crippen molar-refractivity contribution in [2.45, 2.75) is 51.3 Å². The Morgan fingerprint density at radius 3 is 2.41 bits per heavy atom.